The van der Waals surface area contributed by atoms with Crippen LogP contribution < -0.4 is 63.3 Å². The number of aromatic hydroxyl groups is 3. The number of aliphatic hydroxyl groups excluding tert-OH is 6. The Labute approximate surface area is 577 Å². The summed E-state index contributed by atoms with van der Waals surface area (Å²) in [5, 5.41) is 127. The van der Waals surface area contributed by atoms with Crippen LogP contribution in [0.3, 0.4) is 0 Å². The van der Waals surface area contributed by atoms with Gasteiger partial charge >= 0.3 is 5.97 Å². The Hall–Kier alpha value is -9.20. The van der Waals surface area contributed by atoms with Crippen LogP contribution in [0.2, 0.25) is 10.0 Å². The van der Waals surface area contributed by atoms with Gasteiger partial charge in [0.2, 0.25) is 53.4 Å². The largest absolute Gasteiger partial charge is 0.508 e. The summed E-state index contributed by atoms with van der Waals surface area (Å²) in [6.07, 6.45) is -18.8. The van der Waals surface area contributed by atoms with Gasteiger partial charge in [-0.3, -0.25) is 33.6 Å². The molecule has 7 amide bonds. The van der Waals surface area contributed by atoms with Crippen molar-refractivity contribution < 1.29 is 118 Å². The van der Waals surface area contributed by atoms with E-state index in [1.54, 1.807) is 13.8 Å². The molecule has 9 unspecified atom stereocenters. The Bertz CT molecular complexity index is 4060. The van der Waals surface area contributed by atoms with Crippen LogP contribution >= 0.6 is 23.2 Å². The van der Waals surface area contributed by atoms with Gasteiger partial charge in [-0.15, -0.1) is 0 Å². The molecule has 5 aromatic carbocycles. The third-order valence-corrected chi connectivity index (χ3v) is 18.1. The molecule has 0 saturated carbocycles. The summed E-state index contributed by atoms with van der Waals surface area (Å²) in [4.78, 5) is 116. The molecule has 5 aromatic rings. The number of hydrogen-bond donors (Lipinski definition) is 19. The van der Waals surface area contributed by atoms with E-state index in [-0.39, 0.29) is 46.2 Å². The lowest BCUT2D eigenvalue weighted by molar-refractivity contribution is -0.333. The van der Waals surface area contributed by atoms with E-state index in [0.717, 1.165) is 66.7 Å². The third kappa shape index (κ3) is 15.4. The molecule has 0 aromatic heterocycles. The number of phenolic OH excluding ortho intramolecular Hbond substituents is 3. The Kier molecular flexibility index (Phi) is 21.7. The number of carboxylic acid groups (broad SMARTS) is 1. The number of rotatable bonds is 12. The Balaban J connectivity index is 1.24. The number of aliphatic carboxylic acids is 1. The van der Waals surface area contributed by atoms with Crippen molar-refractivity contribution in [2.75, 3.05) is 6.61 Å². The van der Waals surface area contributed by atoms with Crippen LogP contribution in [0.4, 0.5) is 0 Å². The number of fused-ring (bicyclic) bond motifs is 15. The monoisotopic (exact) mass is 1430 g/mol. The van der Waals surface area contributed by atoms with Gasteiger partial charge in [-0.25, -0.2) is 4.79 Å². The molecular formula is C65H73Cl2N9O24. The minimum atomic E-state index is -2.35. The number of aliphatic hydroxyl groups is 6. The number of amides is 7. The lowest BCUT2D eigenvalue weighted by Crippen LogP contribution is -2.64. The van der Waals surface area contributed by atoms with Crippen LogP contribution in [0.25, 0.3) is 11.1 Å². The maximum Gasteiger partial charge on any atom is 0.330 e. The molecule has 7 aliphatic heterocycles. The number of hydrogen-bond acceptors (Lipinski definition) is 25. The zero-order valence-corrected chi connectivity index (χ0v) is 54.9. The molecule has 33 nitrogen and oxygen atoms in total. The van der Waals surface area contributed by atoms with Gasteiger partial charge in [-0.2, -0.15) is 0 Å². The maximum absolute atomic E-state index is 16.0. The Morgan fingerprint density at radius 3 is 1.90 bits per heavy atom. The summed E-state index contributed by atoms with van der Waals surface area (Å²) in [6, 6.07) is -1.18. The summed E-state index contributed by atoms with van der Waals surface area (Å²) in [5.41, 5.74) is 14.1. The molecule has 0 spiro atoms. The van der Waals surface area contributed by atoms with Gasteiger partial charge < -0.3 is 129 Å². The van der Waals surface area contributed by atoms with Gasteiger partial charge in [0.05, 0.1) is 41.3 Å². The molecular weight excluding hydrogens is 1360 g/mol. The van der Waals surface area contributed by atoms with Crippen LogP contribution in [0.5, 0.6) is 46.0 Å². The molecule has 2 saturated heterocycles. The molecule has 0 aliphatic carbocycles. The lowest BCUT2D eigenvalue weighted by atomic mass is 9.86. The standard InChI is InChI=1S/C65H73Cl2N9O24/c1-22(2)11-33(68)57(87)75-48-50(82)25-6-9-37(31(66)13-25)96-39-15-27-16-40(54(39)100-64-55(53(85)52(84)41(21-77)98-64)99-43-20-65(4,70)56(86)23(3)95-43)97-38-10-7-26(14-32(38)67)51(83)49-62(92)74-47(63(93)94)30-17-28(78)18-36(80)44(30)29-12-24(5-8-35(29)79)45(59(89)76-49)73-60(90)46(27)72-58(88)34(19-42(69)81)71-61(48)91/h5-10,12-18,22-23,33-34,41,43,45-53,55-56,64,77-80,82-86H,11,19-21,68,70H2,1-4H3,(H2,69,81)(H,71,91)(H,72,88)(H,73,90)(H,74,92)(H,75,87)(H,76,89)(H,93,94)/t23?,33-,34+,41?,43?,45-,46-,47+,48-,49+,50-,51-,52?,53?,55?,56?,64?,65?/m1/s1. The number of carbonyl (C=O) groups excluding carboxylic acids is 7. The Morgan fingerprint density at radius 1 is 0.710 bits per heavy atom. The molecule has 22 N–H and O–H groups in total. The fraction of sp³-hybridized carbons (Fsp3) is 0.415. The second kappa shape index (κ2) is 29.6. The molecule has 12 rings (SSSR count). The summed E-state index contributed by atoms with van der Waals surface area (Å²) in [7, 11) is 0. The minimum absolute atomic E-state index is 0.0742. The highest BCUT2D eigenvalue weighted by Gasteiger charge is 2.51. The second-order valence-electron chi connectivity index (χ2n) is 25.5. The summed E-state index contributed by atoms with van der Waals surface area (Å²) in [5.74, 6) is -16.3. The molecule has 35 heteroatoms. The molecule has 536 valence electrons. The predicted octanol–water partition coefficient (Wildman–Crippen LogP) is -0.154. The van der Waals surface area contributed by atoms with Crippen LogP contribution in [0, 0.1) is 5.92 Å². The summed E-state index contributed by atoms with van der Waals surface area (Å²) in [6.45, 7) is 5.53. The second-order valence-corrected chi connectivity index (χ2v) is 26.3. The van der Waals surface area contributed by atoms with Crippen molar-refractivity contribution in [1.29, 1.82) is 0 Å². The number of ether oxygens (including phenoxy) is 6. The first-order valence-corrected chi connectivity index (χ1v) is 31.9. The van der Waals surface area contributed by atoms with Gasteiger partial charge in [0, 0.05) is 34.7 Å². The van der Waals surface area contributed by atoms with Gasteiger partial charge in [0.25, 0.3) is 0 Å². The van der Waals surface area contributed by atoms with E-state index in [1.165, 1.54) is 26.0 Å². The fourth-order valence-corrected chi connectivity index (χ4v) is 12.7. The van der Waals surface area contributed by atoms with Crippen molar-refractivity contribution in [1.82, 2.24) is 31.9 Å². The molecule has 18 atom stereocenters. The highest BCUT2D eigenvalue weighted by Crippen LogP contribution is 2.50. The topological polar surface area (TPSA) is 544 Å². The summed E-state index contributed by atoms with van der Waals surface area (Å²) < 4.78 is 38.2. The van der Waals surface area contributed by atoms with Crippen molar-refractivity contribution in [2.45, 2.75) is 156 Å². The van der Waals surface area contributed by atoms with E-state index in [2.05, 4.69) is 31.9 Å². The van der Waals surface area contributed by atoms with Crippen LogP contribution in [0.15, 0.2) is 78.9 Å². The normalized spacial score (nSPS) is 29.6. The van der Waals surface area contributed by atoms with Gasteiger partial charge in [0.1, 0.15) is 89.5 Å². The first kappa shape index (κ1) is 73.5. The number of carboxylic acids is 1. The first-order valence-electron chi connectivity index (χ1n) is 31.2. The van der Waals surface area contributed by atoms with Crippen molar-refractivity contribution >= 4 is 70.5 Å². The number of carbonyl (C=O) groups is 8. The van der Waals surface area contributed by atoms with Crippen LogP contribution in [-0.4, -0.2) is 184 Å². The number of primary amides is 1. The lowest BCUT2D eigenvalue weighted by Gasteiger charge is -2.47. The van der Waals surface area contributed by atoms with Crippen molar-refractivity contribution in [3.8, 4) is 57.1 Å². The van der Waals surface area contributed by atoms with Crippen molar-refractivity contribution in [3.05, 3.63) is 117 Å². The fourth-order valence-electron chi connectivity index (χ4n) is 12.3. The highest BCUT2D eigenvalue weighted by atomic mass is 35.5. The van der Waals surface area contributed by atoms with E-state index >= 15 is 14.4 Å². The highest BCUT2D eigenvalue weighted by molar-refractivity contribution is 6.32. The zero-order valence-electron chi connectivity index (χ0n) is 53.4. The van der Waals surface area contributed by atoms with E-state index in [9.17, 15) is 75.0 Å². The van der Waals surface area contributed by atoms with E-state index in [0.29, 0.717) is 0 Å². The predicted molar refractivity (Wildman–Crippen MR) is 344 cm³/mol. The molecule has 100 heavy (non-hydrogen) atoms. The van der Waals surface area contributed by atoms with Crippen LogP contribution in [-0.2, 0) is 52.6 Å². The smallest absolute Gasteiger partial charge is 0.330 e. The van der Waals surface area contributed by atoms with Gasteiger partial charge in [-0.05, 0) is 103 Å². The molecule has 7 aliphatic rings. The zero-order chi connectivity index (χ0) is 72.8. The van der Waals surface area contributed by atoms with E-state index in [4.69, 9.17) is 68.8 Å². The maximum atomic E-state index is 16.0. The number of benzene rings is 5. The number of nitrogens with two attached hydrogens (primary N) is 3. The SMILES string of the molecule is CC(C)C[C@@H](N)C(=O)N[C@H]1C(=O)N[C@@H](CC(N)=O)C(=O)N[C@H]2C(=O)N[C@H]3C(=O)N[C@H](C(=O)N[C@H](C(=O)O)c4cc(O)cc(O)c4-c4cc3ccc4O)[C@H](O)c3ccc(c(Cl)c3)Oc3cc2cc(c3OC2OC(CO)C(O)C(O)C2OC2CC(C)(N)C(O)C(C)O2)Oc2ccc(cc2Cl)[C@H]1O. The van der Waals surface area contributed by atoms with Crippen molar-refractivity contribution in [2.24, 2.45) is 23.1 Å². The first-order chi connectivity index (χ1) is 47.1. The molecule has 7 heterocycles. The third-order valence-electron chi connectivity index (χ3n) is 17.5. The minimum Gasteiger partial charge on any atom is -0.508 e. The average molecular weight is 1440 g/mol. The molecule has 11 bridgehead atoms. The quantitative estimate of drug-likeness (QED) is 0.0772. The average Bonchev–Trinajstić information content (AvgIpc) is 0.768. The van der Waals surface area contributed by atoms with Crippen molar-refractivity contribution in [3.63, 3.8) is 0 Å². The van der Waals surface area contributed by atoms with Gasteiger partial charge in [0.15, 0.2) is 29.9 Å². The molecule has 0 radical (unpaired) electrons. The number of nitrogens with one attached hydrogen (secondary N) is 6. The van der Waals surface area contributed by atoms with E-state index < -0.39 is 237 Å². The number of halogens is 2. The molecule has 2 fully saturated rings. The Morgan fingerprint density at radius 2 is 1.31 bits per heavy atom. The van der Waals surface area contributed by atoms with Gasteiger partial charge in [-0.1, -0.05) is 55.2 Å². The van der Waals surface area contributed by atoms with Crippen LogP contribution in [0.1, 0.15) is 105 Å². The number of phenols is 3. The summed E-state index contributed by atoms with van der Waals surface area (Å²) >= 11 is 14.1. The van der Waals surface area contributed by atoms with E-state index in [1.807, 2.05) is 0 Å².